The summed E-state index contributed by atoms with van der Waals surface area (Å²) in [5.74, 6) is -0.198. The van der Waals surface area contributed by atoms with Gasteiger partial charge in [0.2, 0.25) is 12.7 Å². The van der Waals surface area contributed by atoms with Crippen molar-refractivity contribution in [3.05, 3.63) is 114 Å². The number of aryl methyl sites for hydroxylation is 1. The zero-order chi connectivity index (χ0) is 28.3. The number of carbonyl (C=O) groups excluding carboxylic acids is 2. The average molecular weight is 552 g/mol. The van der Waals surface area contributed by atoms with Gasteiger partial charge in [-0.2, -0.15) is 0 Å². The SMILES string of the molecule is Cc1ccccc1CN(C(=O)Cn1nnc2ccccc21)[C@H](C(=O)Nc1ccc2c(c1)OCO2)c1ccc(F)cc1. The van der Waals surface area contributed by atoms with E-state index in [-0.39, 0.29) is 25.8 Å². The molecular formula is C31H26FN5O4. The Morgan fingerprint density at radius 3 is 2.56 bits per heavy atom. The Hall–Kier alpha value is -5.25. The van der Waals surface area contributed by atoms with Crippen LogP contribution in [0.5, 0.6) is 11.5 Å². The van der Waals surface area contributed by atoms with E-state index in [1.165, 1.54) is 33.8 Å². The van der Waals surface area contributed by atoms with Gasteiger partial charge in [0.1, 0.15) is 23.9 Å². The van der Waals surface area contributed by atoms with Crippen LogP contribution in [-0.4, -0.2) is 38.5 Å². The van der Waals surface area contributed by atoms with Crippen LogP contribution >= 0.6 is 0 Å². The van der Waals surface area contributed by atoms with E-state index < -0.39 is 17.8 Å². The predicted molar refractivity (Wildman–Crippen MR) is 150 cm³/mol. The molecule has 0 saturated heterocycles. The molecule has 10 heteroatoms. The second-order valence-electron chi connectivity index (χ2n) is 9.70. The Bertz CT molecular complexity index is 1740. The quantitative estimate of drug-likeness (QED) is 0.291. The minimum absolute atomic E-state index is 0.0978. The number of nitrogens with one attached hydrogen (secondary N) is 1. The molecule has 1 aliphatic heterocycles. The Morgan fingerprint density at radius 2 is 1.73 bits per heavy atom. The number of rotatable bonds is 8. The zero-order valence-corrected chi connectivity index (χ0v) is 22.2. The van der Waals surface area contributed by atoms with Crippen LogP contribution in [0.3, 0.4) is 0 Å². The van der Waals surface area contributed by atoms with Gasteiger partial charge >= 0.3 is 0 Å². The molecule has 0 unspecified atom stereocenters. The van der Waals surface area contributed by atoms with Gasteiger partial charge in [-0.15, -0.1) is 5.10 Å². The topological polar surface area (TPSA) is 98.6 Å². The Kier molecular flexibility index (Phi) is 7.03. The number of hydrogen-bond acceptors (Lipinski definition) is 6. The lowest BCUT2D eigenvalue weighted by Gasteiger charge is -2.32. The third-order valence-electron chi connectivity index (χ3n) is 7.01. The summed E-state index contributed by atoms with van der Waals surface area (Å²) in [6, 6.07) is 24.5. The Balaban J connectivity index is 1.39. The van der Waals surface area contributed by atoms with Crippen molar-refractivity contribution in [3.8, 4) is 11.5 Å². The van der Waals surface area contributed by atoms with Crippen LogP contribution in [0.4, 0.5) is 10.1 Å². The molecule has 0 spiro atoms. The molecule has 2 heterocycles. The zero-order valence-electron chi connectivity index (χ0n) is 22.2. The molecule has 0 bridgehead atoms. The highest BCUT2D eigenvalue weighted by molar-refractivity contribution is 5.98. The van der Waals surface area contributed by atoms with Crippen LogP contribution in [0.1, 0.15) is 22.7 Å². The van der Waals surface area contributed by atoms with Crippen LogP contribution in [0.25, 0.3) is 11.0 Å². The van der Waals surface area contributed by atoms with E-state index in [1.807, 2.05) is 55.5 Å². The maximum atomic E-state index is 14.1. The van der Waals surface area contributed by atoms with Gasteiger partial charge in [-0.05, 0) is 60.0 Å². The van der Waals surface area contributed by atoms with Crippen molar-refractivity contribution in [1.29, 1.82) is 0 Å². The van der Waals surface area contributed by atoms with Gasteiger partial charge in [-0.25, -0.2) is 9.07 Å². The summed E-state index contributed by atoms with van der Waals surface area (Å²) in [5.41, 5.74) is 4.10. The number of fused-ring (bicyclic) bond motifs is 2. The number of ether oxygens (including phenoxy) is 2. The van der Waals surface area contributed by atoms with E-state index in [0.29, 0.717) is 33.8 Å². The molecule has 1 aromatic heterocycles. The molecule has 1 aliphatic rings. The van der Waals surface area contributed by atoms with Crippen LogP contribution in [0.15, 0.2) is 91.0 Å². The van der Waals surface area contributed by atoms with Crippen LogP contribution in [0, 0.1) is 12.7 Å². The summed E-state index contributed by atoms with van der Waals surface area (Å²) in [5, 5.41) is 11.2. The molecule has 5 aromatic rings. The first kappa shape index (κ1) is 26.0. The first-order valence-corrected chi connectivity index (χ1v) is 13.0. The van der Waals surface area contributed by atoms with Crippen LogP contribution < -0.4 is 14.8 Å². The number of benzene rings is 4. The molecule has 6 rings (SSSR count). The molecule has 0 saturated carbocycles. The summed E-state index contributed by atoms with van der Waals surface area (Å²) < 4.78 is 26.3. The van der Waals surface area contributed by atoms with Crippen LogP contribution in [0.2, 0.25) is 0 Å². The number of carbonyl (C=O) groups is 2. The number of para-hydroxylation sites is 1. The molecule has 4 aromatic carbocycles. The number of anilines is 1. The smallest absolute Gasteiger partial charge is 0.251 e. The third kappa shape index (κ3) is 5.44. The molecule has 206 valence electrons. The number of halogens is 1. The van der Waals surface area contributed by atoms with Crippen molar-refractivity contribution >= 4 is 28.5 Å². The molecule has 1 atom stereocenters. The third-order valence-corrected chi connectivity index (χ3v) is 7.01. The Labute approximate surface area is 235 Å². The largest absolute Gasteiger partial charge is 0.454 e. The fourth-order valence-corrected chi connectivity index (χ4v) is 4.85. The minimum Gasteiger partial charge on any atom is -0.454 e. The number of aromatic nitrogens is 3. The minimum atomic E-state index is -1.09. The second kappa shape index (κ2) is 11.1. The summed E-state index contributed by atoms with van der Waals surface area (Å²) in [7, 11) is 0. The molecule has 9 nitrogen and oxygen atoms in total. The highest BCUT2D eigenvalue weighted by Gasteiger charge is 2.33. The molecule has 0 fully saturated rings. The van der Waals surface area contributed by atoms with Crippen molar-refractivity contribution in [2.45, 2.75) is 26.1 Å². The van der Waals surface area contributed by atoms with Gasteiger partial charge < -0.3 is 19.7 Å². The summed E-state index contributed by atoms with van der Waals surface area (Å²) >= 11 is 0. The molecule has 1 N–H and O–H groups in total. The molecule has 0 radical (unpaired) electrons. The van der Waals surface area contributed by atoms with E-state index in [1.54, 1.807) is 18.2 Å². The van der Waals surface area contributed by atoms with Crippen molar-refractivity contribution in [2.24, 2.45) is 0 Å². The molecule has 2 amide bonds. The van der Waals surface area contributed by atoms with E-state index in [0.717, 1.165) is 11.1 Å². The molecular weight excluding hydrogens is 525 g/mol. The van der Waals surface area contributed by atoms with Gasteiger partial charge in [-0.1, -0.05) is 53.7 Å². The van der Waals surface area contributed by atoms with Crippen molar-refractivity contribution in [2.75, 3.05) is 12.1 Å². The van der Waals surface area contributed by atoms with Gasteiger partial charge in [0.15, 0.2) is 11.5 Å². The monoisotopic (exact) mass is 551 g/mol. The molecule has 41 heavy (non-hydrogen) atoms. The fraction of sp³-hybridized carbons (Fsp3) is 0.161. The maximum absolute atomic E-state index is 14.1. The number of hydrogen-bond donors (Lipinski definition) is 1. The predicted octanol–water partition coefficient (Wildman–Crippen LogP) is 5.02. The van der Waals surface area contributed by atoms with E-state index >= 15 is 0 Å². The second-order valence-corrected chi connectivity index (χ2v) is 9.70. The maximum Gasteiger partial charge on any atom is 0.251 e. The van der Waals surface area contributed by atoms with Crippen molar-refractivity contribution in [1.82, 2.24) is 19.9 Å². The average Bonchev–Trinajstić information content (AvgIpc) is 3.61. The van der Waals surface area contributed by atoms with E-state index in [4.69, 9.17) is 9.47 Å². The highest BCUT2D eigenvalue weighted by atomic mass is 19.1. The Morgan fingerprint density at radius 1 is 0.976 bits per heavy atom. The fourth-order valence-electron chi connectivity index (χ4n) is 4.85. The normalized spacial score (nSPS) is 12.7. The summed E-state index contributed by atoms with van der Waals surface area (Å²) in [6.45, 7) is 2.03. The van der Waals surface area contributed by atoms with Crippen molar-refractivity contribution in [3.63, 3.8) is 0 Å². The first-order chi connectivity index (χ1) is 20.0. The number of nitrogens with zero attached hydrogens (tertiary/aromatic N) is 4. The lowest BCUT2D eigenvalue weighted by atomic mass is 10.0. The van der Waals surface area contributed by atoms with E-state index in [2.05, 4.69) is 15.6 Å². The van der Waals surface area contributed by atoms with Gasteiger partial charge in [-0.3, -0.25) is 9.59 Å². The lowest BCUT2D eigenvalue weighted by molar-refractivity contribution is -0.140. The summed E-state index contributed by atoms with van der Waals surface area (Å²) in [4.78, 5) is 29.6. The summed E-state index contributed by atoms with van der Waals surface area (Å²) in [6.07, 6.45) is 0. The van der Waals surface area contributed by atoms with E-state index in [9.17, 15) is 14.0 Å². The molecule has 0 aliphatic carbocycles. The van der Waals surface area contributed by atoms with Crippen molar-refractivity contribution < 1.29 is 23.5 Å². The highest BCUT2D eigenvalue weighted by Crippen LogP contribution is 2.35. The number of amides is 2. The first-order valence-electron chi connectivity index (χ1n) is 13.0. The van der Waals surface area contributed by atoms with Gasteiger partial charge in [0.05, 0.1) is 5.52 Å². The standard InChI is InChI=1S/C31H26FN5O4/c1-20-6-2-3-7-22(20)17-36(29(38)18-37-26-9-5-4-8-25(26)34-35-37)30(21-10-12-23(32)13-11-21)31(39)33-24-14-15-27-28(16-24)41-19-40-27/h2-16,30H,17-19H2,1H3,(H,33,39)/t30-/m0/s1. The lowest BCUT2D eigenvalue weighted by Crippen LogP contribution is -2.42. The van der Waals surface area contributed by atoms with Crippen LogP contribution in [-0.2, 0) is 22.7 Å². The van der Waals surface area contributed by atoms with Gasteiger partial charge in [0.25, 0.3) is 5.91 Å². The van der Waals surface area contributed by atoms with Gasteiger partial charge in [0, 0.05) is 18.3 Å².